The number of alkyl halides is 4. The Hall–Kier alpha value is -3.99. The molecule has 1 unspecified atom stereocenters. The summed E-state index contributed by atoms with van der Waals surface area (Å²) in [5.74, 6) is -0.849. The molecule has 2 aromatic carbocycles. The summed E-state index contributed by atoms with van der Waals surface area (Å²) in [5.41, 5.74) is -1.27. The number of halogens is 5. The topological polar surface area (TPSA) is 92.8 Å². The van der Waals surface area contributed by atoms with Crippen LogP contribution in [0.5, 0.6) is 5.88 Å². The van der Waals surface area contributed by atoms with Gasteiger partial charge in [0, 0.05) is 30.3 Å². The van der Waals surface area contributed by atoms with Gasteiger partial charge in [0.05, 0.1) is 23.0 Å². The number of aromatic nitrogens is 3. The Bertz CT molecular complexity index is 1620. The molecule has 1 atom stereocenters. The maximum absolute atomic E-state index is 15.0. The second-order valence-electron chi connectivity index (χ2n) is 9.62. The van der Waals surface area contributed by atoms with E-state index < -0.39 is 32.9 Å². The van der Waals surface area contributed by atoms with Crippen LogP contribution in [0.2, 0.25) is 0 Å². The van der Waals surface area contributed by atoms with Crippen molar-refractivity contribution in [2.75, 3.05) is 5.32 Å². The molecule has 0 saturated heterocycles. The van der Waals surface area contributed by atoms with Crippen molar-refractivity contribution in [3.8, 4) is 17.6 Å². The van der Waals surface area contributed by atoms with E-state index in [2.05, 4.69) is 38.0 Å². The number of carbonyl (C=O) groups is 1. The molecule has 12 heteroatoms. The van der Waals surface area contributed by atoms with Gasteiger partial charge in [-0.2, -0.15) is 23.5 Å². The van der Waals surface area contributed by atoms with E-state index >= 15 is 0 Å². The molecule has 1 aliphatic rings. The fraction of sp³-hybridized carbons (Fsp3) is 0.241. The number of ether oxygens (including phenoxy) is 1. The van der Waals surface area contributed by atoms with Crippen molar-refractivity contribution in [1.82, 2.24) is 14.8 Å². The lowest BCUT2D eigenvalue weighted by Gasteiger charge is -2.29. The lowest BCUT2D eigenvalue weighted by atomic mass is 10.0. The molecule has 210 valence electrons. The largest absolute Gasteiger partial charge is 0.456 e. The molecule has 0 spiro atoms. The van der Waals surface area contributed by atoms with Gasteiger partial charge in [-0.15, -0.1) is 0 Å². The van der Waals surface area contributed by atoms with Crippen molar-refractivity contribution in [3.05, 3.63) is 101 Å². The molecule has 1 amide bonds. The number of nitriles is 1. The zero-order valence-electron chi connectivity index (χ0n) is 21.3. The molecule has 1 fully saturated rings. The molecule has 1 N–H and O–H groups in total. The van der Waals surface area contributed by atoms with Crippen LogP contribution in [-0.4, -0.2) is 20.7 Å². The number of benzene rings is 2. The SMILES string of the molecule is N#Cc1cccc(-n2nc(C(F)(F)F)cc2C(=O)Nc2cc(C(I)(CCC3CC3)Oc3ccccn3)ccc2F)c1. The minimum absolute atomic E-state index is 0.0639. The smallest absolute Gasteiger partial charge is 0.435 e. The van der Waals surface area contributed by atoms with Crippen molar-refractivity contribution in [2.45, 2.75) is 35.5 Å². The van der Waals surface area contributed by atoms with Crippen molar-refractivity contribution >= 4 is 34.2 Å². The molecule has 0 radical (unpaired) electrons. The van der Waals surface area contributed by atoms with Gasteiger partial charge < -0.3 is 10.1 Å². The Labute approximate surface area is 246 Å². The normalized spacial score (nSPS) is 14.6. The highest BCUT2D eigenvalue weighted by Crippen LogP contribution is 2.44. The molecule has 4 aromatic rings. The number of pyridine rings is 1. The minimum Gasteiger partial charge on any atom is -0.456 e. The first kappa shape index (κ1) is 28.5. The third kappa shape index (κ3) is 6.67. The summed E-state index contributed by atoms with van der Waals surface area (Å²) in [6.45, 7) is 0. The predicted octanol–water partition coefficient (Wildman–Crippen LogP) is 7.41. The van der Waals surface area contributed by atoms with Gasteiger partial charge in [-0.3, -0.25) is 4.79 Å². The average Bonchev–Trinajstić information content (AvgIpc) is 3.67. The highest BCUT2D eigenvalue weighted by Gasteiger charge is 2.37. The predicted molar refractivity (Wildman–Crippen MR) is 150 cm³/mol. The third-order valence-corrected chi connectivity index (χ3v) is 7.96. The third-order valence-electron chi connectivity index (χ3n) is 6.57. The maximum Gasteiger partial charge on any atom is 0.435 e. The van der Waals surface area contributed by atoms with Gasteiger partial charge in [0.25, 0.3) is 5.91 Å². The van der Waals surface area contributed by atoms with Gasteiger partial charge in [0.15, 0.2) is 9.30 Å². The number of hydrogen-bond donors (Lipinski definition) is 1. The van der Waals surface area contributed by atoms with Gasteiger partial charge >= 0.3 is 6.18 Å². The van der Waals surface area contributed by atoms with Crippen molar-refractivity contribution < 1.29 is 27.1 Å². The van der Waals surface area contributed by atoms with Gasteiger partial charge in [-0.1, -0.05) is 31.0 Å². The van der Waals surface area contributed by atoms with E-state index in [0.717, 1.165) is 23.9 Å². The zero-order valence-corrected chi connectivity index (χ0v) is 23.5. The van der Waals surface area contributed by atoms with Crippen LogP contribution < -0.4 is 10.1 Å². The van der Waals surface area contributed by atoms with Crippen molar-refractivity contribution in [1.29, 1.82) is 5.26 Å². The fourth-order valence-electron chi connectivity index (χ4n) is 4.25. The molecule has 2 heterocycles. The first-order chi connectivity index (χ1) is 19.6. The Morgan fingerprint density at radius 2 is 1.93 bits per heavy atom. The number of hydrogen-bond acceptors (Lipinski definition) is 5. The first-order valence-electron chi connectivity index (χ1n) is 12.6. The summed E-state index contributed by atoms with van der Waals surface area (Å²) in [4.78, 5) is 17.6. The summed E-state index contributed by atoms with van der Waals surface area (Å²) in [7, 11) is 0. The summed E-state index contributed by atoms with van der Waals surface area (Å²) >= 11 is 2.15. The first-order valence-corrected chi connectivity index (χ1v) is 13.7. The number of nitrogens with zero attached hydrogens (tertiary/aromatic N) is 4. The van der Waals surface area contributed by atoms with E-state index in [1.807, 2.05) is 6.07 Å². The van der Waals surface area contributed by atoms with E-state index in [4.69, 9.17) is 4.74 Å². The van der Waals surface area contributed by atoms with Gasteiger partial charge in [0.2, 0.25) is 5.88 Å². The standard InChI is InChI=1S/C29H22F4IN5O2/c30-22-10-9-20(28(34,12-11-18-7-8-18)41-26-6-1-2-13-36-26)15-23(22)37-27(40)24-16-25(29(31,32)33)38-39(24)21-5-3-4-19(14-21)17-35/h1-6,9-10,13-16,18H,7-8,11-12H2,(H,37,40). The van der Waals surface area contributed by atoms with Crippen LogP contribution in [0, 0.1) is 23.1 Å². The molecular weight excluding hydrogens is 653 g/mol. The molecule has 0 bridgehead atoms. The fourth-order valence-corrected chi connectivity index (χ4v) is 5.12. The van der Waals surface area contributed by atoms with Gasteiger partial charge in [-0.05, 0) is 71.3 Å². The highest BCUT2D eigenvalue weighted by molar-refractivity contribution is 14.1. The van der Waals surface area contributed by atoms with Gasteiger partial charge in [-0.25, -0.2) is 14.1 Å². The Morgan fingerprint density at radius 1 is 1.12 bits per heavy atom. The van der Waals surface area contributed by atoms with Crippen LogP contribution in [0.4, 0.5) is 23.2 Å². The molecule has 2 aromatic heterocycles. The summed E-state index contributed by atoms with van der Waals surface area (Å²) in [6, 6.07) is 17.5. The van der Waals surface area contributed by atoms with Crippen LogP contribution >= 0.6 is 22.6 Å². The highest BCUT2D eigenvalue weighted by atomic mass is 127. The summed E-state index contributed by atoms with van der Waals surface area (Å²) in [6.07, 6.45) is 0.469. The molecule has 5 rings (SSSR count). The lowest BCUT2D eigenvalue weighted by molar-refractivity contribution is -0.141. The Balaban J connectivity index is 1.49. The van der Waals surface area contributed by atoms with Crippen molar-refractivity contribution in [2.24, 2.45) is 5.92 Å². The molecule has 7 nitrogen and oxygen atoms in total. The number of anilines is 1. The summed E-state index contributed by atoms with van der Waals surface area (Å²) < 4.78 is 61.7. The lowest BCUT2D eigenvalue weighted by Crippen LogP contribution is -2.27. The second-order valence-corrected chi connectivity index (χ2v) is 11.4. The molecular formula is C29H22F4IN5O2. The van der Waals surface area contributed by atoms with Crippen LogP contribution in [-0.2, 0) is 9.78 Å². The van der Waals surface area contributed by atoms with Crippen LogP contribution in [0.1, 0.15) is 53.0 Å². The zero-order chi connectivity index (χ0) is 29.2. The van der Waals surface area contributed by atoms with E-state index in [-0.39, 0.29) is 16.9 Å². The summed E-state index contributed by atoms with van der Waals surface area (Å²) in [5, 5.41) is 15.2. The number of rotatable bonds is 9. The Kier molecular flexibility index (Phi) is 7.99. The minimum atomic E-state index is -4.84. The average molecular weight is 675 g/mol. The van der Waals surface area contributed by atoms with Gasteiger partial charge in [0.1, 0.15) is 11.5 Å². The number of amides is 1. The van der Waals surface area contributed by atoms with Crippen LogP contribution in [0.15, 0.2) is 72.9 Å². The quantitative estimate of drug-likeness (QED) is 0.113. The van der Waals surface area contributed by atoms with E-state index in [0.29, 0.717) is 29.8 Å². The van der Waals surface area contributed by atoms with Crippen molar-refractivity contribution in [3.63, 3.8) is 0 Å². The maximum atomic E-state index is 15.0. The Morgan fingerprint density at radius 3 is 2.61 bits per heavy atom. The van der Waals surface area contributed by atoms with Crippen LogP contribution in [0.3, 0.4) is 0 Å². The van der Waals surface area contributed by atoms with E-state index in [1.54, 1.807) is 30.5 Å². The van der Waals surface area contributed by atoms with E-state index in [9.17, 15) is 27.6 Å². The van der Waals surface area contributed by atoms with E-state index in [1.165, 1.54) is 36.4 Å². The molecule has 41 heavy (non-hydrogen) atoms. The monoisotopic (exact) mass is 675 g/mol. The number of carbonyl (C=O) groups excluding carboxylic acids is 1. The molecule has 1 saturated carbocycles. The number of nitrogens with one attached hydrogen (secondary N) is 1. The second kappa shape index (κ2) is 11.5. The van der Waals surface area contributed by atoms with Crippen LogP contribution in [0.25, 0.3) is 5.69 Å². The molecule has 0 aliphatic heterocycles. The molecule has 1 aliphatic carbocycles.